The third kappa shape index (κ3) is 5.93. The van der Waals surface area contributed by atoms with Crippen molar-refractivity contribution in [2.24, 2.45) is 5.92 Å². The number of benzene rings is 3. The van der Waals surface area contributed by atoms with E-state index in [1.807, 2.05) is 74.4 Å². The molecule has 3 aromatic rings. The normalized spacial score (nSPS) is 14.3. The first-order chi connectivity index (χ1) is 17.3. The first kappa shape index (κ1) is 25.4. The average molecular weight is 488 g/mol. The lowest BCUT2D eigenvalue weighted by molar-refractivity contribution is -0.119. The lowest BCUT2D eigenvalue weighted by atomic mass is 10.0. The van der Waals surface area contributed by atoms with Crippen molar-refractivity contribution in [3.63, 3.8) is 0 Å². The fraction of sp³-hybridized carbons (Fsp3) is 0.333. The smallest absolute Gasteiger partial charge is 0.254 e. The predicted octanol–water partition coefficient (Wildman–Crippen LogP) is 6.42. The van der Waals surface area contributed by atoms with Gasteiger partial charge in [0, 0.05) is 43.5 Å². The second kappa shape index (κ2) is 11.4. The number of nitrogens with one attached hydrogen (secondary N) is 1. The van der Waals surface area contributed by atoms with E-state index in [0.29, 0.717) is 12.1 Å². The van der Waals surface area contributed by atoms with Crippen molar-refractivity contribution in [1.82, 2.24) is 4.90 Å². The topological polar surface area (TPSA) is 52.7 Å². The molecule has 0 bridgehead atoms. The van der Waals surface area contributed by atoms with Crippen LogP contribution in [0.5, 0.6) is 0 Å². The molecule has 4 rings (SSSR count). The monoisotopic (exact) mass is 487 g/mol. The zero-order valence-corrected chi connectivity index (χ0v) is 21.2. The molecule has 0 spiro atoms. The molecule has 3 aromatic carbocycles. The molecule has 0 aromatic heterocycles. The second-order valence-electron chi connectivity index (χ2n) is 9.74. The summed E-state index contributed by atoms with van der Waals surface area (Å²) in [5, 5.41) is 3.08. The molecule has 0 heterocycles. The summed E-state index contributed by atoms with van der Waals surface area (Å²) in [6.07, 6.45) is 4.05. The molecule has 1 saturated carbocycles. The molecule has 1 atom stereocenters. The zero-order chi connectivity index (χ0) is 25.7. The standard InChI is InChI=1S/C30H34FN3O2/c1-21(22-10-5-4-6-11-22)34(30(36)24-14-9-15-26(31)18-24)20-25-19-27(16-17-28(25)33(2)3)32-29(35)23-12-7-8-13-23/h4-6,9-11,14-19,21,23H,7-8,12-13,20H2,1-3H3,(H,32,35). The number of amides is 2. The molecule has 36 heavy (non-hydrogen) atoms. The Kier molecular flexibility index (Phi) is 8.04. The Morgan fingerprint density at radius 1 is 0.972 bits per heavy atom. The van der Waals surface area contributed by atoms with Gasteiger partial charge in [-0.25, -0.2) is 4.39 Å². The Hall–Kier alpha value is -3.67. The molecule has 5 nitrogen and oxygen atoms in total. The van der Waals surface area contributed by atoms with Gasteiger partial charge in [0.15, 0.2) is 0 Å². The van der Waals surface area contributed by atoms with E-state index in [2.05, 4.69) is 5.32 Å². The van der Waals surface area contributed by atoms with E-state index in [-0.39, 0.29) is 23.8 Å². The van der Waals surface area contributed by atoms with Gasteiger partial charge in [-0.05, 0) is 67.3 Å². The molecule has 0 radical (unpaired) electrons. The van der Waals surface area contributed by atoms with Crippen LogP contribution in [0.15, 0.2) is 72.8 Å². The Morgan fingerprint density at radius 3 is 2.36 bits per heavy atom. The minimum absolute atomic E-state index is 0.0569. The van der Waals surface area contributed by atoms with Crippen LogP contribution in [0.1, 0.15) is 60.1 Å². The van der Waals surface area contributed by atoms with Gasteiger partial charge in [-0.2, -0.15) is 0 Å². The molecule has 1 unspecified atom stereocenters. The molecule has 2 amide bonds. The van der Waals surface area contributed by atoms with Gasteiger partial charge in [-0.3, -0.25) is 9.59 Å². The SMILES string of the molecule is CC(c1ccccc1)N(Cc1cc(NC(=O)C2CCCC2)ccc1N(C)C)C(=O)c1cccc(F)c1. The van der Waals surface area contributed by atoms with Crippen molar-refractivity contribution in [3.05, 3.63) is 95.3 Å². The summed E-state index contributed by atoms with van der Waals surface area (Å²) >= 11 is 0. The van der Waals surface area contributed by atoms with Crippen molar-refractivity contribution in [1.29, 1.82) is 0 Å². The van der Waals surface area contributed by atoms with Crippen LogP contribution in [-0.2, 0) is 11.3 Å². The van der Waals surface area contributed by atoms with Crippen molar-refractivity contribution in [2.75, 3.05) is 24.3 Å². The summed E-state index contributed by atoms with van der Waals surface area (Å²) in [7, 11) is 3.91. The molecule has 0 saturated heterocycles. The molecule has 0 aliphatic heterocycles. The van der Waals surface area contributed by atoms with Crippen LogP contribution >= 0.6 is 0 Å². The van der Waals surface area contributed by atoms with E-state index < -0.39 is 5.82 Å². The van der Waals surface area contributed by atoms with Gasteiger partial charge in [0.1, 0.15) is 5.82 Å². The number of nitrogens with zero attached hydrogens (tertiary/aromatic N) is 2. The number of halogens is 1. The van der Waals surface area contributed by atoms with Crippen LogP contribution in [0.4, 0.5) is 15.8 Å². The first-order valence-corrected chi connectivity index (χ1v) is 12.6. The summed E-state index contributed by atoms with van der Waals surface area (Å²) in [6, 6.07) is 21.2. The van der Waals surface area contributed by atoms with Crippen LogP contribution in [0.3, 0.4) is 0 Å². The van der Waals surface area contributed by atoms with E-state index >= 15 is 0 Å². The van der Waals surface area contributed by atoms with Gasteiger partial charge in [0.2, 0.25) is 5.91 Å². The minimum atomic E-state index is -0.446. The lowest BCUT2D eigenvalue weighted by Crippen LogP contribution is -2.34. The third-order valence-corrected chi connectivity index (χ3v) is 6.98. The minimum Gasteiger partial charge on any atom is -0.377 e. The van der Waals surface area contributed by atoms with Gasteiger partial charge >= 0.3 is 0 Å². The Labute approximate surface area is 212 Å². The van der Waals surface area contributed by atoms with E-state index in [9.17, 15) is 14.0 Å². The summed E-state index contributed by atoms with van der Waals surface area (Å²) < 4.78 is 14.0. The van der Waals surface area contributed by atoms with Crippen molar-refractivity contribution >= 4 is 23.2 Å². The number of rotatable bonds is 8. The summed E-state index contributed by atoms with van der Waals surface area (Å²) in [5.41, 5.74) is 3.86. The van der Waals surface area contributed by atoms with Crippen LogP contribution in [-0.4, -0.2) is 30.8 Å². The Morgan fingerprint density at radius 2 is 1.69 bits per heavy atom. The number of hydrogen-bond acceptors (Lipinski definition) is 3. The van der Waals surface area contributed by atoms with E-state index in [1.54, 1.807) is 17.0 Å². The average Bonchev–Trinajstić information content (AvgIpc) is 3.42. The van der Waals surface area contributed by atoms with Crippen molar-refractivity contribution in [3.8, 4) is 0 Å². The molecule has 1 aliphatic rings. The van der Waals surface area contributed by atoms with E-state index in [1.165, 1.54) is 12.1 Å². The highest BCUT2D eigenvalue weighted by Crippen LogP contribution is 2.31. The van der Waals surface area contributed by atoms with Gasteiger partial charge in [-0.15, -0.1) is 0 Å². The van der Waals surface area contributed by atoms with Gasteiger partial charge in [0.25, 0.3) is 5.91 Å². The third-order valence-electron chi connectivity index (χ3n) is 6.98. The largest absolute Gasteiger partial charge is 0.377 e. The van der Waals surface area contributed by atoms with Crippen molar-refractivity contribution in [2.45, 2.75) is 45.2 Å². The second-order valence-corrected chi connectivity index (χ2v) is 9.74. The molecule has 1 N–H and O–H groups in total. The molecule has 6 heteroatoms. The number of carbonyl (C=O) groups excluding carboxylic acids is 2. The molecule has 1 fully saturated rings. The lowest BCUT2D eigenvalue weighted by Gasteiger charge is -2.32. The van der Waals surface area contributed by atoms with Crippen LogP contribution in [0.25, 0.3) is 0 Å². The maximum atomic E-state index is 14.0. The highest BCUT2D eigenvalue weighted by atomic mass is 19.1. The number of hydrogen-bond donors (Lipinski definition) is 1. The van der Waals surface area contributed by atoms with Gasteiger partial charge < -0.3 is 15.1 Å². The van der Waals surface area contributed by atoms with Gasteiger partial charge in [-0.1, -0.05) is 49.2 Å². The van der Waals surface area contributed by atoms with Crippen molar-refractivity contribution < 1.29 is 14.0 Å². The predicted molar refractivity (Wildman–Crippen MR) is 142 cm³/mol. The van der Waals surface area contributed by atoms with E-state index in [0.717, 1.165) is 48.2 Å². The fourth-order valence-electron chi connectivity index (χ4n) is 4.93. The quantitative estimate of drug-likeness (QED) is 0.399. The van der Waals surface area contributed by atoms with E-state index in [4.69, 9.17) is 0 Å². The van der Waals surface area contributed by atoms with Crippen LogP contribution in [0, 0.1) is 11.7 Å². The summed E-state index contributed by atoms with van der Waals surface area (Å²) in [4.78, 5) is 30.2. The first-order valence-electron chi connectivity index (χ1n) is 12.6. The summed E-state index contributed by atoms with van der Waals surface area (Å²) in [6.45, 7) is 2.28. The van der Waals surface area contributed by atoms with Crippen LogP contribution < -0.4 is 10.2 Å². The van der Waals surface area contributed by atoms with Gasteiger partial charge in [0.05, 0.1) is 6.04 Å². The molecule has 188 valence electrons. The molecular formula is C30H34FN3O2. The number of anilines is 2. The molecular weight excluding hydrogens is 453 g/mol. The Bertz CT molecular complexity index is 1210. The zero-order valence-electron chi connectivity index (χ0n) is 21.2. The number of carbonyl (C=O) groups is 2. The maximum absolute atomic E-state index is 14.0. The fourth-order valence-corrected chi connectivity index (χ4v) is 4.93. The highest BCUT2D eigenvalue weighted by molar-refractivity contribution is 5.95. The Balaban J connectivity index is 1.68. The highest BCUT2D eigenvalue weighted by Gasteiger charge is 2.26. The summed E-state index contributed by atoms with van der Waals surface area (Å²) in [5.74, 6) is -0.581. The van der Waals surface area contributed by atoms with Crippen LogP contribution in [0.2, 0.25) is 0 Å². The molecule has 1 aliphatic carbocycles. The maximum Gasteiger partial charge on any atom is 0.254 e.